The molecule has 1 N–H and O–H groups in total. The molecule has 2 aromatic carbocycles. The summed E-state index contributed by atoms with van der Waals surface area (Å²) in [6.45, 7) is 8.84. The van der Waals surface area contributed by atoms with Gasteiger partial charge in [-0.1, -0.05) is 13.3 Å². The maximum Gasteiger partial charge on any atom is 0.416 e. The van der Waals surface area contributed by atoms with Gasteiger partial charge in [0.2, 0.25) is 0 Å². The Bertz CT molecular complexity index is 1550. The summed E-state index contributed by atoms with van der Waals surface area (Å²) in [5, 5.41) is 2.90. The van der Waals surface area contributed by atoms with Gasteiger partial charge in [0.25, 0.3) is 0 Å². The van der Waals surface area contributed by atoms with Gasteiger partial charge in [0.1, 0.15) is 23.6 Å². The summed E-state index contributed by atoms with van der Waals surface area (Å²) in [4.78, 5) is 23.6. The van der Waals surface area contributed by atoms with E-state index < -0.39 is 58.9 Å². The topological polar surface area (TPSA) is 70.6 Å². The van der Waals surface area contributed by atoms with Crippen molar-refractivity contribution >= 4 is 23.3 Å². The fourth-order valence-corrected chi connectivity index (χ4v) is 5.05. The standard InChI is InChI=1S/C34H40F9N5O2/c1-6-8-13-47(7-2)27-10-9-24(32(35,36)37)16-23(27)20-48(19-22-14-25(33(38,39)40)17-26(15-22)34(41,42)43)29-18-28(45-21-46-29)44-12-11-30(49)50-31(3,4)5/h9-10,14-18,21H,6-8,11-13,19-20H2,1-5H3,(H,44,45,46). The van der Waals surface area contributed by atoms with Gasteiger partial charge < -0.3 is 19.9 Å². The monoisotopic (exact) mass is 721 g/mol. The van der Waals surface area contributed by atoms with E-state index in [0.717, 1.165) is 24.9 Å². The lowest BCUT2D eigenvalue weighted by molar-refractivity contribution is -0.154. The highest BCUT2D eigenvalue weighted by Gasteiger charge is 2.37. The Balaban J connectivity index is 2.13. The molecule has 3 aromatic rings. The van der Waals surface area contributed by atoms with E-state index in [9.17, 15) is 44.3 Å². The van der Waals surface area contributed by atoms with E-state index in [0.29, 0.717) is 37.3 Å². The third-order valence-electron chi connectivity index (χ3n) is 7.32. The molecule has 3 rings (SSSR count). The summed E-state index contributed by atoms with van der Waals surface area (Å²) in [7, 11) is 0. The summed E-state index contributed by atoms with van der Waals surface area (Å²) in [5.41, 5.74) is -4.63. The van der Waals surface area contributed by atoms with Crippen molar-refractivity contribution in [3.05, 3.63) is 76.6 Å². The number of hydrogen-bond acceptors (Lipinski definition) is 7. The molecule has 50 heavy (non-hydrogen) atoms. The molecule has 1 aromatic heterocycles. The molecule has 7 nitrogen and oxygen atoms in total. The number of ether oxygens (including phenoxy) is 1. The summed E-state index contributed by atoms with van der Waals surface area (Å²) >= 11 is 0. The predicted octanol–water partition coefficient (Wildman–Crippen LogP) is 9.51. The van der Waals surface area contributed by atoms with E-state index in [1.807, 2.05) is 18.7 Å². The van der Waals surface area contributed by atoms with Crippen molar-refractivity contribution < 1.29 is 49.0 Å². The Labute approximate surface area is 284 Å². The highest BCUT2D eigenvalue weighted by molar-refractivity contribution is 5.70. The summed E-state index contributed by atoms with van der Waals surface area (Å²) in [6.07, 6.45) is -12.4. The second-order valence-corrected chi connectivity index (χ2v) is 12.6. The van der Waals surface area contributed by atoms with Crippen LogP contribution in [0.4, 0.5) is 56.8 Å². The first-order chi connectivity index (χ1) is 23.1. The minimum Gasteiger partial charge on any atom is -0.460 e. The molecule has 16 heteroatoms. The molecule has 0 amide bonds. The molecule has 0 saturated heterocycles. The van der Waals surface area contributed by atoms with Gasteiger partial charge >= 0.3 is 24.5 Å². The fraction of sp³-hybridized carbons (Fsp3) is 0.500. The SMILES string of the molecule is CCCCN(CC)c1ccc(C(F)(F)F)cc1CN(Cc1cc(C(F)(F)F)cc(C(F)(F)F)c1)c1cc(NCCC(=O)OC(C)(C)C)ncn1. The van der Waals surface area contributed by atoms with Crippen LogP contribution in [0.5, 0.6) is 0 Å². The van der Waals surface area contributed by atoms with E-state index in [2.05, 4.69) is 15.3 Å². The number of unbranched alkanes of at least 4 members (excludes halogenated alkanes) is 1. The van der Waals surface area contributed by atoms with Crippen LogP contribution in [0.3, 0.4) is 0 Å². The van der Waals surface area contributed by atoms with Crippen molar-refractivity contribution in [2.75, 3.05) is 34.8 Å². The van der Waals surface area contributed by atoms with Gasteiger partial charge in [-0.25, -0.2) is 9.97 Å². The Morgan fingerprint density at radius 2 is 1.40 bits per heavy atom. The lowest BCUT2D eigenvalue weighted by Gasteiger charge is -2.30. The third-order valence-corrected chi connectivity index (χ3v) is 7.32. The zero-order valence-electron chi connectivity index (χ0n) is 28.3. The minimum absolute atomic E-state index is 0.00296. The molecule has 276 valence electrons. The van der Waals surface area contributed by atoms with Crippen molar-refractivity contribution in [2.24, 2.45) is 0 Å². The van der Waals surface area contributed by atoms with Crippen LogP contribution in [0.2, 0.25) is 0 Å². The zero-order chi connectivity index (χ0) is 37.5. The molecular formula is C34H40F9N5O2. The van der Waals surface area contributed by atoms with Gasteiger partial charge in [0, 0.05) is 44.5 Å². The number of rotatable bonds is 14. The molecule has 0 unspecified atom stereocenters. The van der Waals surface area contributed by atoms with Gasteiger partial charge in [0.15, 0.2) is 0 Å². The number of halogens is 9. The van der Waals surface area contributed by atoms with Crippen LogP contribution in [-0.2, 0) is 41.1 Å². The van der Waals surface area contributed by atoms with E-state index in [-0.39, 0.29) is 42.8 Å². The maximum absolute atomic E-state index is 13.9. The number of aromatic nitrogens is 2. The second kappa shape index (κ2) is 16.2. The first-order valence-corrected chi connectivity index (χ1v) is 15.9. The number of carbonyl (C=O) groups is 1. The van der Waals surface area contributed by atoms with E-state index in [4.69, 9.17) is 4.74 Å². The number of nitrogens with zero attached hydrogens (tertiary/aromatic N) is 4. The van der Waals surface area contributed by atoms with E-state index in [1.54, 1.807) is 20.8 Å². The molecule has 0 saturated carbocycles. The van der Waals surface area contributed by atoms with Crippen LogP contribution in [0.25, 0.3) is 0 Å². The molecule has 0 aliphatic rings. The molecule has 0 aliphatic heterocycles. The average Bonchev–Trinajstić information content (AvgIpc) is 2.99. The van der Waals surface area contributed by atoms with Crippen LogP contribution >= 0.6 is 0 Å². The summed E-state index contributed by atoms with van der Waals surface area (Å²) < 4.78 is 130. The van der Waals surface area contributed by atoms with E-state index in [1.165, 1.54) is 17.0 Å². The molecule has 1 heterocycles. The molecule has 0 atom stereocenters. The summed E-state index contributed by atoms with van der Waals surface area (Å²) in [5.74, 6) is -0.372. The first kappa shape index (κ1) is 40.2. The first-order valence-electron chi connectivity index (χ1n) is 15.9. The number of alkyl halides is 9. The number of benzene rings is 2. The summed E-state index contributed by atoms with van der Waals surface area (Å²) in [6, 6.07) is 5.64. The Hall–Kier alpha value is -4.24. The van der Waals surface area contributed by atoms with Crippen LogP contribution in [0, 0.1) is 0 Å². The molecular weight excluding hydrogens is 681 g/mol. The van der Waals surface area contributed by atoms with E-state index >= 15 is 0 Å². The number of esters is 1. The van der Waals surface area contributed by atoms with Gasteiger partial charge in [-0.3, -0.25) is 4.79 Å². The number of carbonyl (C=O) groups excluding carboxylic acids is 1. The number of hydrogen-bond donors (Lipinski definition) is 1. The zero-order valence-corrected chi connectivity index (χ0v) is 28.3. The Kier molecular flexibility index (Phi) is 13.0. The van der Waals surface area contributed by atoms with Crippen molar-refractivity contribution in [1.82, 2.24) is 9.97 Å². The second-order valence-electron chi connectivity index (χ2n) is 12.6. The highest BCUT2D eigenvalue weighted by atomic mass is 19.4. The normalized spacial score (nSPS) is 12.5. The van der Waals surface area contributed by atoms with Crippen LogP contribution < -0.4 is 15.1 Å². The van der Waals surface area contributed by atoms with Gasteiger partial charge in [-0.2, -0.15) is 39.5 Å². The van der Waals surface area contributed by atoms with Crippen molar-refractivity contribution in [2.45, 2.75) is 91.1 Å². The smallest absolute Gasteiger partial charge is 0.416 e. The molecule has 0 bridgehead atoms. The third kappa shape index (κ3) is 12.0. The maximum atomic E-state index is 13.9. The highest BCUT2D eigenvalue weighted by Crippen LogP contribution is 2.38. The quantitative estimate of drug-likeness (QED) is 0.131. The largest absolute Gasteiger partial charge is 0.460 e. The number of anilines is 3. The van der Waals surface area contributed by atoms with Crippen LogP contribution in [0.1, 0.15) is 81.7 Å². The Morgan fingerprint density at radius 3 is 1.94 bits per heavy atom. The minimum atomic E-state index is -5.11. The van der Waals surface area contributed by atoms with Gasteiger partial charge in [-0.15, -0.1) is 0 Å². The number of nitrogens with one attached hydrogen (secondary N) is 1. The van der Waals surface area contributed by atoms with Crippen molar-refractivity contribution in [3.63, 3.8) is 0 Å². The lowest BCUT2D eigenvalue weighted by atomic mass is 10.0. The van der Waals surface area contributed by atoms with Gasteiger partial charge in [0.05, 0.1) is 23.1 Å². The average molecular weight is 722 g/mol. The van der Waals surface area contributed by atoms with Crippen LogP contribution in [-0.4, -0.2) is 41.2 Å². The van der Waals surface area contributed by atoms with Crippen molar-refractivity contribution in [1.29, 1.82) is 0 Å². The lowest BCUT2D eigenvalue weighted by Crippen LogP contribution is -2.29. The van der Waals surface area contributed by atoms with Crippen molar-refractivity contribution in [3.8, 4) is 0 Å². The molecule has 0 spiro atoms. The van der Waals surface area contributed by atoms with Gasteiger partial charge in [-0.05, 0) is 81.6 Å². The molecule has 0 fully saturated rings. The predicted molar refractivity (Wildman–Crippen MR) is 172 cm³/mol. The molecule has 0 radical (unpaired) electrons. The fourth-order valence-electron chi connectivity index (χ4n) is 5.05. The molecule has 0 aliphatic carbocycles. The van der Waals surface area contributed by atoms with Crippen LogP contribution in [0.15, 0.2) is 48.8 Å². The Morgan fingerprint density at radius 1 is 0.780 bits per heavy atom.